The third-order valence-electron chi connectivity index (χ3n) is 3.05. The van der Waals surface area contributed by atoms with Crippen molar-refractivity contribution in [2.45, 2.75) is 39.0 Å². The summed E-state index contributed by atoms with van der Waals surface area (Å²) in [6, 6.07) is 7.63. The Labute approximate surface area is 106 Å². The van der Waals surface area contributed by atoms with Gasteiger partial charge in [-0.05, 0) is 38.5 Å². The summed E-state index contributed by atoms with van der Waals surface area (Å²) in [5.41, 5.74) is 0.946. The van der Waals surface area contributed by atoms with Gasteiger partial charge in [-0.3, -0.25) is 4.90 Å². The average Bonchev–Trinajstić information content (AvgIpc) is 2.54. The van der Waals surface area contributed by atoms with Gasteiger partial charge in [-0.2, -0.15) is 0 Å². The number of ether oxygens (including phenoxy) is 1. The van der Waals surface area contributed by atoms with E-state index in [9.17, 15) is 4.79 Å². The number of nitrogens with zero attached hydrogens (tertiary/aromatic N) is 1. The molecule has 0 aromatic heterocycles. The second-order valence-corrected chi connectivity index (χ2v) is 5.04. The molecule has 2 rings (SSSR count). The molecule has 0 aliphatic carbocycles. The van der Waals surface area contributed by atoms with E-state index in [1.54, 1.807) is 4.90 Å². The minimum atomic E-state index is -0.252. The number of amides is 1. The Morgan fingerprint density at radius 2 is 2.12 bits per heavy atom. The summed E-state index contributed by atoms with van der Waals surface area (Å²) < 4.78 is 5.42. The van der Waals surface area contributed by atoms with E-state index >= 15 is 0 Å². The molecule has 1 amide bonds. The Morgan fingerprint density at radius 1 is 1.41 bits per heavy atom. The lowest BCUT2D eigenvalue weighted by Crippen LogP contribution is -2.37. The molecule has 17 heavy (non-hydrogen) atoms. The Kier molecular flexibility index (Phi) is 3.29. The van der Waals surface area contributed by atoms with Crippen molar-refractivity contribution in [1.82, 2.24) is 4.90 Å². The van der Waals surface area contributed by atoms with Crippen molar-refractivity contribution < 1.29 is 9.53 Å². The molecule has 1 saturated heterocycles. The molecule has 2 atom stereocenters. The maximum atomic E-state index is 11.8. The van der Waals surface area contributed by atoms with Crippen LogP contribution < -0.4 is 0 Å². The highest BCUT2D eigenvalue weighted by Crippen LogP contribution is 2.34. The molecular weight excluding hydrogens is 238 g/mol. The lowest BCUT2D eigenvalue weighted by molar-refractivity contribution is 0.129. The van der Waals surface area contributed by atoms with Gasteiger partial charge in [0.05, 0.1) is 6.04 Å². The fourth-order valence-electron chi connectivity index (χ4n) is 2.29. The van der Waals surface area contributed by atoms with Crippen molar-refractivity contribution in [3.05, 3.63) is 34.9 Å². The van der Waals surface area contributed by atoms with Gasteiger partial charge in [-0.1, -0.05) is 23.7 Å². The highest BCUT2D eigenvalue weighted by Gasteiger charge is 2.40. The van der Waals surface area contributed by atoms with Crippen LogP contribution in [0.3, 0.4) is 0 Å². The molecule has 1 aliphatic heterocycles. The van der Waals surface area contributed by atoms with E-state index in [2.05, 4.69) is 0 Å². The quantitative estimate of drug-likeness (QED) is 0.806. The van der Waals surface area contributed by atoms with E-state index in [0.29, 0.717) is 5.02 Å². The smallest absolute Gasteiger partial charge is 0.411 e. The van der Waals surface area contributed by atoms with Crippen LogP contribution in [-0.2, 0) is 4.74 Å². The predicted molar refractivity (Wildman–Crippen MR) is 67.1 cm³/mol. The van der Waals surface area contributed by atoms with E-state index in [1.807, 2.05) is 45.0 Å². The van der Waals surface area contributed by atoms with Crippen molar-refractivity contribution in [1.29, 1.82) is 0 Å². The molecule has 2 unspecified atom stereocenters. The number of cyclic esters (lactones) is 1. The number of benzene rings is 1. The molecule has 0 spiro atoms. The van der Waals surface area contributed by atoms with Gasteiger partial charge in [-0.25, -0.2) is 4.79 Å². The van der Waals surface area contributed by atoms with E-state index in [1.165, 1.54) is 0 Å². The largest absolute Gasteiger partial charge is 0.439 e. The number of hydrogen-bond acceptors (Lipinski definition) is 2. The van der Waals surface area contributed by atoms with Crippen LogP contribution >= 0.6 is 11.6 Å². The molecule has 92 valence electrons. The van der Waals surface area contributed by atoms with Crippen LogP contribution in [0.2, 0.25) is 5.02 Å². The Balaban J connectivity index is 2.27. The minimum Gasteiger partial charge on any atom is -0.439 e. The molecule has 1 heterocycles. The Hall–Kier alpha value is -1.22. The van der Waals surface area contributed by atoms with Crippen LogP contribution in [0.15, 0.2) is 24.3 Å². The lowest BCUT2D eigenvalue weighted by Gasteiger charge is -2.24. The van der Waals surface area contributed by atoms with Crippen molar-refractivity contribution in [3.63, 3.8) is 0 Å². The van der Waals surface area contributed by atoms with Gasteiger partial charge in [0.1, 0.15) is 6.10 Å². The van der Waals surface area contributed by atoms with Crippen LogP contribution in [0.1, 0.15) is 32.4 Å². The van der Waals surface area contributed by atoms with Gasteiger partial charge in [0.15, 0.2) is 0 Å². The van der Waals surface area contributed by atoms with E-state index in [-0.39, 0.29) is 24.3 Å². The second kappa shape index (κ2) is 4.57. The Bertz CT molecular complexity index is 433. The van der Waals surface area contributed by atoms with Crippen molar-refractivity contribution in [2.24, 2.45) is 0 Å². The average molecular weight is 254 g/mol. The minimum absolute atomic E-state index is 0.0287. The van der Waals surface area contributed by atoms with E-state index in [4.69, 9.17) is 16.3 Å². The number of carbonyl (C=O) groups is 1. The van der Waals surface area contributed by atoms with Crippen LogP contribution in [0.5, 0.6) is 0 Å². The predicted octanol–water partition coefficient (Wildman–Crippen LogP) is 3.63. The lowest BCUT2D eigenvalue weighted by atomic mass is 10.0. The SMILES string of the molecule is CC(C)N1C(=O)OC(c2cccc(Cl)c2)C1C. The summed E-state index contributed by atoms with van der Waals surface area (Å²) in [6.07, 6.45) is -0.485. The monoisotopic (exact) mass is 253 g/mol. The number of carbonyl (C=O) groups excluding carboxylic acids is 1. The highest BCUT2D eigenvalue weighted by atomic mass is 35.5. The summed E-state index contributed by atoms with van der Waals surface area (Å²) in [6.45, 7) is 5.96. The first kappa shape index (κ1) is 12.2. The maximum absolute atomic E-state index is 11.8. The fraction of sp³-hybridized carbons (Fsp3) is 0.462. The van der Waals surface area contributed by atoms with Gasteiger partial charge in [0.2, 0.25) is 0 Å². The summed E-state index contributed by atoms with van der Waals surface area (Å²) in [5.74, 6) is 0. The zero-order valence-corrected chi connectivity index (χ0v) is 10.9. The molecule has 1 aromatic carbocycles. The first-order valence-electron chi connectivity index (χ1n) is 5.75. The molecule has 4 heteroatoms. The van der Waals surface area contributed by atoms with Gasteiger partial charge in [0.25, 0.3) is 0 Å². The molecular formula is C13H16ClNO2. The molecule has 0 radical (unpaired) electrons. The van der Waals surface area contributed by atoms with Crippen molar-refractivity contribution >= 4 is 17.7 Å². The molecule has 0 N–H and O–H groups in total. The standard InChI is InChI=1S/C13H16ClNO2/c1-8(2)15-9(3)12(17-13(15)16)10-5-4-6-11(14)7-10/h4-9,12H,1-3H3. The third kappa shape index (κ3) is 2.25. The first-order valence-corrected chi connectivity index (χ1v) is 6.13. The van der Waals surface area contributed by atoms with Crippen molar-refractivity contribution in [3.8, 4) is 0 Å². The maximum Gasteiger partial charge on any atom is 0.411 e. The van der Waals surface area contributed by atoms with Gasteiger partial charge >= 0.3 is 6.09 Å². The number of hydrogen-bond donors (Lipinski definition) is 0. The zero-order chi connectivity index (χ0) is 12.6. The normalized spacial score (nSPS) is 24.3. The fourth-order valence-corrected chi connectivity index (χ4v) is 2.49. The number of halogens is 1. The van der Waals surface area contributed by atoms with Crippen LogP contribution in [0.25, 0.3) is 0 Å². The topological polar surface area (TPSA) is 29.5 Å². The highest BCUT2D eigenvalue weighted by molar-refractivity contribution is 6.30. The van der Waals surface area contributed by atoms with Crippen LogP contribution in [0.4, 0.5) is 4.79 Å². The number of rotatable bonds is 2. The van der Waals surface area contributed by atoms with Gasteiger partial charge in [0, 0.05) is 11.1 Å². The molecule has 0 bridgehead atoms. The summed E-state index contributed by atoms with van der Waals surface area (Å²) in [7, 11) is 0. The molecule has 0 saturated carbocycles. The van der Waals surface area contributed by atoms with E-state index in [0.717, 1.165) is 5.56 Å². The zero-order valence-electron chi connectivity index (χ0n) is 10.2. The van der Waals surface area contributed by atoms with Crippen molar-refractivity contribution in [2.75, 3.05) is 0 Å². The van der Waals surface area contributed by atoms with Gasteiger partial charge in [-0.15, -0.1) is 0 Å². The summed E-state index contributed by atoms with van der Waals surface area (Å²) in [4.78, 5) is 13.5. The molecule has 3 nitrogen and oxygen atoms in total. The molecule has 1 aliphatic rings. The Morgan fingerprint density at radius 3 is 2.65 bits per heavy atom. The summed E-state index contributed by atoms with van der Waals surface area (Å²) in [5, 5.41) is 0.661. The van der Waals surface area contributed by atoms with Gasteiger partial charge < -0.3 is 4.74 Å². The van der Waals surface area contributed by atoms with Crippen LogP contribution in [0, 0.1) is 0 Å². The van der Waals surface area contributed by atoms with Crippen LogP contribution in [-0.4, -0.2) is 23.1 Å². The van der Waals surface area contributed by atoms with E-state index < -0.39 is 0 Å². The molecule has 1 aromatic rings. The summed E-state index contributed by atoms with van der Waals surface area (Å²) >= 11 is 5.95. The third-order valence-corrected chi connectivity index (χ3v) is 3.28. The second-order valence-electron chi connectivity index (χ2n) is 4.60. The first-order chi connectivity index (χ1) is 8.00. The molecule has 1 fully saturated rings.